The van der Waals surface area contributed by atoms with Crippen LogP contribution < -0.4 is 0 Å². The monoisotopic (exact) mass is 217 g/mol. The molecule has 0 radical (unpaired) electrons. The number of hydrogen-bond acceptors (Lipinski definition) is 2. The van der Waals surface area contributed by atoms with E-state index in [4.69, 9.17) is 5.11 Å². The van der Waals surface area contributed by atoms with Crippen LogP contribution in [0.4, 0.5) is 0 Å². The molecule has 0 spiro atoms. The molecule has 2 heteroatoms. The number of rotatable bonds is 3. The minimum Gasteiger partial charge on any atom is -0.396 e. The van der Waals surface area contributed by atoms with Gasteiger partial charge in [-0.25, -0.2) is 0 Å². The van der Waals surface area contributed by atoms with Crippen LogP contribution >= 0.6 is 0 Å². The van der Waals surface area contributed by atoms with E-state index in [1.807, 2.05) is 0 Å². The number of benzene rings is 1. The summed E-state index contributed by atoms with van der Waals surface area (Å²) in [7, 11) is 0. The van der Waals surface area contributed by atoms with Gasteiger partial charge in [0.15, 0.2) is 0 Å². The van der Waals surface area contributed by atoms with Crippen LogP contribution in [-0.4, -0.2) is 29.7 Å². The number of fused-ring (bicyclic) bond motifs is 1. The van der Waals surface area contributed by atoms with Gasteiger partial charge in [0, 0.05) is 26.2 Å². The summed E-state index contributed by atoms with van der Waals surface area (Å²) < 4.78 is 0. The normalized spacial score (nSPS) is 32.8. The Morgan fingerprint density at radius 3 is 2.56 bits per heavy atom. The first-order valence-electron chi connectivity index (χ1n) is 6.17. The van der Waals surface area contributed by atoms with Crippen molar-refractivity contribution in [1.82, 2.24) is 4.90 Å². The van der Waals surface area contributed by atoms with Gasteiger partial charge in [-0.2, -0.15) is 0 Å². The quantitative estimate of drug-likeness (QED) is 0.832. The molecule has 1 aliphatic heterocycles. The molecular formula is C14H19NO. The van der Waals surface area contributed by atoms with Crippen molar-refractivity contribution in [3.8, 4) is 0 Å². The molecular weight excluding hydrogens is 198 g/mol. The first kappa shape index (κ1) is 10.3. The number of piperidine rings is 1. The third-order valence-corrected chi connectivity index (χ3v) is 4.31. The zero-order valence-corrected chi connectivity index (χ0v) is 9.76. The fraction of sp³-hybridized carbons (Fsp3) is 0.571. The van der Waals surface area contributed by atoms with E-state index in [2.05, 4.69) is 36.1 Å². The fourth-order valence-electron chi connectivity index (χ4n) is 3.17. The molecule has 1 N–H and O–H groups in total. The Bertz CT molecular complexity index is 378. The average molecular weight is 217 g/mol. The topological polar surface area (TPSA) is 23.5 Å². The minimum absolute atomic E-state index is 0.396. The maximum atomic E-state index is 9.11. The van der Waals surface area contributed by atoms with Gasteiger partial charge in [-0.3, -0.25) is 4.90 Å². The molecule has 2 nitrogen and oxygen atoms in total. The van der Waals surface area contributed by atoms with Crippen molar-refractivity contribution in [3.05, 3.63) is 35.4 Å². The summed E-state index contributed by atoms with van der Waals surface area (Å²) in [6, 6.07) is 8.63. The van der Waals surface area contributed by atoms with Crippen molar-refractivity contribution < 1.29 is 5.11 Å². The van der Waals surface area contributed by atoms with E-state index >= 15 is 0 Å². The highest BCUT2D eigenvalue weighted by molar-refractivity contribution is 5.25. The van der Waals surface area contributed by atoms with Crippen molar-refractivity contribution in [3.63, 3.8) is 0 Å². The van der Waals surface area contributed by atoms with Gasteiger partial charge >= 0.3 is 0 Å². The largest absolute Gasteiger partial charge is 0.396 e. The Hall–Kier alpha value is -0.860. The summed E-state index contributed by atoms with van der Waals surface area (Å²) >= 11 is 0. The average Bonchev–Trinajstić information content (AvgIpc) is 2.76. The lowest BCUT2D eigenvalue weighted by Gasteiger charge is -2.20. The lowest BCUT2D eigenvalue weighted by atomic mass is 10.1. The Morgan fingerprint density at radius 2 is 1.94 bits per heavy atom. The first-order valence-corrected chi connectivity index (χ1v) is 6.17. The molecule has 2 aliphatic rings. The molecule has 86 valence electrons. The van der Waals surface area contributed by atoms with E-state index in [9.17, 15) is 0 Å². The number of likely N-dealkylation sites (tertiary alicyclic amines) is 1. The molecule has 1 aromatic rings. The number of hydrogen-bond donors (Lipinski definition) is 1. The zero-order valence-electron chi connectivity index (χ0n) is 9.76. The van der Waals surface area contributed by atoms with E-state index in [1.54, 1.807) is 0 Å². The highest BCUT2D eigenvalue weighted by atomic mass is 16.3. The summed E-state index contributed by atoms with van der Waals surface area (Å²) in [5, 5.41) is 9.11. The van der Waals surface area contributed by atoms with Crippen LogP contribution in [0.5, 0.6) is 0 Å². The van der Waals surface area contributed by atoms with E-state index in [1.165, 1.54) is 24.2 Å². The molecule has 1 aromatic carbocycles. The van der Waals surface area contributed by atoms with Crippen molar-refractivity contribution >= 4 is 0 Å². The van der Waals surface area contributed by atoms with E-state index in [0.717, 1.165) is 18.4 Å². The van der Waals surface area contributed by atoms with Gasteiger partial charge in [-0.1, -0.05) is 24.3 Å². The highest BCUT2D eigenvalue weighted by Crippen LogP contribution is 2.51. The number of aliphatic hydroxyl groups excluding tert-OH is 1. The Balaban J connectivity index is 1.60. The third-order valence-electron chi connectivity index (χ3n) is 4.31. The van der Waals surface area contributed by atoms with Gasteiger partial charge in [0.05, 0.1) is 0 Å². The number of aliphatic hydroxyl groups is 1. The molecule has 1 saturated carbocycles. The molecule has 0 aromatic heterocycles. The molecule has 2 unspecified atom stereocenters. The molecule has 16 heavy (non-hydrogen) atoms. The predicted molar refractivity (Wildman–Crippen MR) is 64.0 cm³/mol. The lowest BCUT2D eigenvalue weighted by molar-refractivity contribution is 0.217. The van der Waals surface area contributed by atoms with Crippen LogP contribution in [0.25, 0.3) is 0 Å². The minimum atomic E-state index is 0.396. The maximum absolute atomic E-state index is 9.11. The van der Waals surface area contributed by atoms with Crippen LogP contribution in [0, 0.1) is 24.7 Å². The molecule has 1 heterocycles. The van der Waals surface area contributed by atoms with Gasteiger partial charge in [-0.05, 0) is 35.8 Å². The molecule has 0 bridgehead atoms. The second kappa shape index (κ2) is 3.86. The molecule has 3 rings (SSSR count). The van der Waals surface area contributed by atoms with E-state index in [-0.39, 0.29) is 0 Å². The second-order valence-corrected chi connectivity index (χ2v) is 5.29. The highest BCUT2D eigenvalue weighted by Gasteiger charge is 2.54. The Morgan fingerprint density at radius 1 is 1.25 bits per heavy atom. The molecule has 2 atom stereocenters. The summed E-state index contributed by atoms with van der Waals surface area (Å²) in [5.74, 6) is 2.19. The summed E-state index contributed by atoms with van der Waals surface area (Å²) in [5.41, 5.74) is 2.84. The van der Waals surface area contributed by atoms with Crippen LogP contribution in [0.15, 0.2) is 24.3 Å². The second-order valence-electron chi connectivity index (χ2n) is 5.29. The van der Waals surface area contributed by atoms with Crippen LogP contribution in [-0.2, 0) is 6.54 Å². The molecule has 0 amide bonds. The molecule has 2 fully saturated rings. The fourth-order valence-corrected chi connectivity index (χ4v) is 3.17. The maximum Gasteiger partial charge on any atom is 0.0465 e. The number of aryl methyl sites for hydroxylation is 1. The summed E-state index contributed by atoms with van der Waals surface area (Å²) in [6.07, 6.45) is 0. The van der Waals surface area contributed by atoms with Gasteiger partial charge in [0.1, 0.15) is 0 Å². The number of nitrogens with zero attached hydrogens (tertiary/aromatic N) is 1. The van der Waals surface area contributed by atoms with Gasteiger partial charge in [0.2, 0.25) is 0 Å². The van der Waals surface area contributed by atoms with Crippen molar-refractivity contribution in [2.24, 2.45) is 17.8 Å². The van der Waals surface area contributed by atoms with Crippen molar-refractivity contribution in [2.75, 3.05) is 19.7 Å². The third kappa shape index (κ3) is 1.66. The smallest absolute Gasteiger partial charge is 0.0465 e. The summed E-state index contributed by atoms with van der Waals surface area (Å²) in [4.78, 5) is 2.53. The SMILES string of the molecule is Cc1ccccc1CN1CC2C(CO)C2C1. The van der Waals surface area contributed by atoms with Gasteiger partial charge in [-0.15, -0.1) is 0 Å². The molecule has 1 aliphatic carbocycles. The molecule has 1 saturated heterocycles. The van der Waals surface area contributed by atoms with Crippen LogP contribution in [0.1, 0.15) is 11.1 Å². The Labute approximate surface area is 96.9 Å². The lowest BCUT2D eigenvalue weighted by Crippen LogP contribution is -2.25. The van der Waals surface area contributed by atoms with E-state index in [0.29, 0.717) is 12.5 Å². The van der Waals surface area contributed by atoms with Crippen molar-refractivity contribution in [2.45, 2.75) is 13.5 Å². The van der Waals surface area contributed by atoms with Gasteiger partial charge < -0.3 is 5.11 Å². The summed E-state index contributed by atoms with van der Waals surface area (Å²) in [6.45, 7) is 6.03. The predicted octanol–water partition coefficient (Wildman–Crippen LogP) is 1.67. The van der Waals surface area contributed by atoms with Crippen LogP contribution in [0.3, 0.4) is 0 Å². The first-order chi connectivity index (χ1) is 7.79. The van der Waals surface area contributed by atoms with Gasteiger partial charge in [0.25, 0.3) is 0 Å². The van der Waals surface area contributed by atoms with Crippen molar-refractivity contribution in [1.29, 1.82) is 0 Å². The standard InChI is InChI=1S/C14H19NO/c1-10-4-2-3-5-11(10)6-15-7-12-13(8-15)14(12)9-16/h2-5,12-14,16H,6-9H2,1H3. The zero-order chi connectivity index (χ0) is 11.1. The van der Waals surface area contributed by atoms with Crippen LogP contribution in [0.2, 0.25) is 0 Å². The van der Waals surface area contributed by atoms with E-state index < -0.39 is 0 Å². The Kier molecular flexibility index (Phi) is 2.49.